The summed E-state index contributed by atoms with van der Waals surface area (Å²) in [6.45, 7) is 5.42. The smallest absolute Gasteiger partial charge is 0.184 e. The van der Waals surface area contributed by atoms with E-state index in [1.807, 2.05) is 6.92 Å². The summed E-state index contributed by atoms with van der Waals surface area (Å²) >= 11 is -1.27. The van der Waals surface area contributed by atoms with Crippen LogP contribution in [0.4, 0.5) is 0 Å². The number of allylic oxidation sites excluding steroid dienone is 3. The highest BCUT2D eigenvalue weighted by atomic mass is 32.2. The van der Waals surface area contributed by atoms with E-state index < -0.39 is 11.1 Å². The Morgan fingerprint density at radius 3 is 2.70 bits per heavy atom. The molecule has 0 spiro atoms. The van der Waals surface area contributed by atoms with Crippen molar-refractivity contribution in [3.8, 4) is 0 Å². The van der Waals surface area contributed by atoms with Gasteiger partial charge in [0, 0.05) is 4.91 Å². The van der Waals surface area contributed by atoms with Crippen molar-refractivity contribution in [1.82, 2.24) is 0 Å². The van der Waals surface area contributed by atoms with Gasteiger partial charge in [-0.25, -0.2) is 4.21 Å². The second-order valence-electron chi connectivity index (χ2n) is 1.62. The first-order valence-electron chi connectivity index (χ1n) is 3.04. The minimum absolute atomic E-state index is 0.729. The molecule has 0 rings (SSSR count). The molecular weight excluding hydrogens is 148 g/mol. The molecule has 0 heterocycles. The van der Waals surface area contributed by atoms with Gasteiger partial charge < -0.3 is 0 Å². The van der Waals surface area contributed by atoms with Crippen LogP contribution in [0.2, 0.25) is 0 Å². The lowest BCUT2D eigenvalue weighted by Gasteiger charge is -1.98. The Kier molecular flexibility index (Phi) is 5.16. The highest BCUT2D eigenvalue weighted by Crippen LogP contribution is 2.06. The molecule has 0 aromatic heterocycles. The first-order chi connectivity index (χ1) is 4.76. The van der Waals surface area contributed by atoms with Gasteiger partial charge in [0.1, 0.15) is 0 Å². The molecule has 3 heteroatoms. The van der Waals surface area contributed by atoms with Gasteiger partial charge in [0.15, 0.2) is 11.1 Å². The molecule has 0 fully saturated rings. The predicted molar refractivity (Wildman–Crippen MR) is 43.7 cm³/mol. The first-order valence-corrected chi connectivity index (χ1v) is 4.11. The molecule has 0 bridgehead atoms. The fourth-order valence-corrected chi connectivity index (χ4v) is 1.19. The van der Waals surface area contributed by atoms with Gasteiger partial charge in [-0.3, -0.25) is 4.18 Å². The normalized spacial score (nSPS) is 14.8. The van der Waals surface area contributed by atoms with Gasteiger partial charge >= 0.3 is 0 Å². The third-order valence-corrected chi connectivity index (χ3v) is 2.17. The van der Waals surface area contributed by atoms with Crippen molar-refractivity contribution in [1.29, 1.82) is 0 Å². The summed E-state index contributed by atoms with van der Waals surface area (Å²) in [5, 5.41) is 0. The zero-order chi connectivity index (χ0) is 7.98. The van der Waals surface area contributed by atoms with Crippen LogP contribution in [-0.2, 0) is 15.3 Å². The summed E-state index contributed by atoms with van der Waals surface area (Å²) in [5.41, 5.74) is 0. The zero-order valence-electron chi connectivity index (χ0n) is 6.29. The van der Waals surface area contributed by atoms with Crippen LogP contribution in [0, 0.1) is 0 Å². The maximum absolute atomic E-state index is 10.9. The second kappa shape index (κ2) is 5.38. The Bertz CT molecular complexity index is 161. The molecule has 2 nitrogen and oxygen atoms in total. The second-order valence-corrected chi connectivity index (χ2v) is 2.95. The molecule has 0 radical (unpaired) electrons. The maximum atomic E-state index is 10.9. The molecule has 0 saturated carbocycles. The Hall–Kier alpha value is -0.410. The van der Waals surface area contributed by atoms with Crippen molar-refractivity contribution in [2.45, 2.75) is 13.3 Å². The Labute approximate surface area is 64.2 Å². The molecule has 1 atom stereocenters. The van der Waals surface area contributed by atoms with Crippen LogP contribution in [0.15, 0.2) is 23.6 Å². The van der Waals surface area contributed by atoms with E-state index in [1.54, 1.807) is 12.2 Å². The highest BCUT2D eigenvalue weighted by Gasteiger charge is 2.00. The van der Waals surface area contributed by atoms with Crippen LogP contribution < -0.4 is 0 Å². The summed E-state index contributed by atoms with van der Waals surface area (Å²) in [7, 11) is 1.42. The molecule has 0 amide bonds. The lowest BCUT2D eigenvalue weighted by Crippen LogP contribution is -1.94. The van der Waals surface area contributed by atoms with Crippen LogP contribution in [0.5, 0.6) is 0 Å². The van der Waals surface area contributed by atoms with E-state index in [9.17, 15) is 4.21 Å². The predicted octanol–water partition coefficient (Wildman–Crippen LogP) is 1.78. The van der Waals surface area contributed by atoms with E-state index in [2.05, 4.69) is 10.8 Å². The lowest BCUT2D eigenvalue weighted by molar-refractivity contribution is 0.449. The standard InChI is InChI=1S/C7H12O2S/c1-4-6-7(5-2)10(8)9-3/h4,6H,1,5H2,2-3H3/b7-6+. The van der Waals surface area contributed by atoms with E-state index in [1.165, 1.54) is 7.11 Å². The zero-order valence-corrected chi connectivity index (χ0v) is 7.11. The van der Waals surface area contributed by atoms with Crippen LogP contribution in [0.25, 0.3) is 0 Å². The van der Waals surface area contributed by atoms with E-state index in [-0.39, 0.29) is 0 Å². The molecule has 0 saturated heterocycles. The number of hydrogen-bond donors (Lipinski definition) is 0. The van der Waals surface area contributed by atoms with E-state index in [0.29, 0.717) is 0 Å². The van der Waals surface area contributed by atoms with Gasteiger partial charge in [0.05, 0.1) is 7.11 Å². The van der Waals surface area contributed by atoms with Gasteiger partial charge in [-0.1, -0.05) is 19.6 Å². The van der Waals surface area contributed by atoms with Crippen molar-refractivity contribution >= 4 is 11.1 Å². The summed E-state index contributed by atoms with van der Waals surface area (Å²) in [6.07, 6.45) is 4.04. The van der Waals surface area contributed by atoms with E-state index in [0.717, 1.165) is 11.3 Å². The van der Waals surface area contributed by atoms with Crippen molar-refractivity contribution < 1.29 is 8.39 Å². The van der Waals surface area contributed by atoms with Gasteiger partial charge in [-0.15, -0.1) is 0 Å². The Balaban J connectivity index is 4.19. The summed E-state index contributed by atoms with van der Waals surface area (Å²) in [4.78, 5) is 0.762. The van der Waals surface area contributed by atoms with Gasteiger partial charge in [0.25, 0.3) is 0 Å². The molecular formula is C7H12O2S. The first kappa shape index (κ1) is 9.59. The molecule has 0 aromatic rings. The van der Waals surface area contributed by atoms with Crippen LogP contribution in [-0.4, -0.2) is 11.3 Å². The summed E-state index contributed by atoms with van der Waals surface area (Å²) in [5.74, 6) is 0. The van der Waals surface area contributed by atoms with Crippen molar-refractivity contribution in [2.24, 2.45) is 0 Å². The van der Waals surface area contributed by atoms with Crippen molar-refractivity contribution in [3.63, 3.8) is 0 Å². The molecule has 0 aromatic carbocycles. The summed E-state index contributed by atoms with van der Waals surface area (Å²) < 4.78 is 15.5. The average molecular weight is 160 g/mol. The lowest BCUT2D eigenvalue weighted by atomic mass is 10.4. The minimum atomic E-state index is -1.27. The van der Waals surface area contributed by atoms with E-state index >= 15 is 0 Å². The van der Waals surface area contributed by atoms with Crippen molar-refractivity contribution in [3.05, 3.63) is 23.6 Å². The molecule has 0 aliphatic heterocycles. The van der Waals surface area contributed by atoms with Crippen LogP contribution >= 0.6 is 0 Å². The minimum Gasteiger partial charge on any atom is -0.290 e. The van der Waals surface area contributed by atoms with Gasteiger partial charge in [-0.2, -0.15) is 0 Å². The third kappa shape index (κ3) is 2.94. The SMILES string of the molecule is C=C/C=C(\CC)S(=O)OC. The highest BCUT2D eigenvalue weighted by molar-refractivity contribution is 7.84. The van der Waals surface area contributed by atoms with E-state index in [4.69, 9.17) is 0 Å². The molecule has 0 aliphatic rings. The molecule has 10 heavy (non-hydrogen) atoms. The fourth-order valence-electron chi connectivity index (χ4n) is 0.530. The third-order valence-electron chi connectivity index (χ3n) is 1.02. The molecule has 0 N–H and O–H groups in total. The topological polar surface area (TPSA) is 26.3 Å². The van der Waals surface area contributed by atoms with Crippen LogP contribution in [0.1, 0.15) is 13.3 Å². The molecule has 58 valence electrons. The average Bonchev–Trinajstić information content (AvgIpc) is 1.99. The monoisotopic (exact) mass is 160 g/mol. The Morgan fingerprint density at radius 1 is 1.80 bits per heavy atom. The Morgan fingerprint density at radius 2 is 2.40 bits per heavy atom. The fraction of sp³-hybridized carbons (Fsp3) is 0.429. The van der Waals surface area contributed by atoms with Gasteiger partial charge in [0.2, 0.25) is 0 Å². The number of rotatable bonds is 4. The quantitative estimate of drug-likeness (QED) is 0.586. The van der Waals surface area contributed by atoms with Gasteiger partial charge in [-0.05, 0) is 12.5 Å². The molecule has 0 aliphatic carbocycles. The summed E-state index contributed by atoms with van der Waals surface area (Å²) in [6, 6.07) is 0. The van der Waals surface area contributed by atoms with Crippen LogP contribution in [0.3, 0.4) is 0 Å². The molecule has 1 unspecified atom stereocenters. The largest absolute Gasteiger partial charge is 0.290 e. The maximum Gasteiger partial charge on any atom is 0.184 e. The van der Waals surface area contributed by atoms with Crippen molar-refractivity contribution in [2.75, 3.05) is 7.11 Å². The number of hydrogen-bond acceptors (Lipinski definition) is 2.